The average molecular weight is 278 g/mol. The average Bonchev–Trinajstić information content (AvgIpc) is 2.35. The van der Waals surface area contributed by atoms with Gasteiger partial charge in [0.2, 0.25) is 0 Å². The summed E-state index contributed by atoms with van der Waals surface area (Å²) in [6.07, 6.45) is 4.51. The van der Waals surface area contributed by atoms with Crippen molar-refractivity contribution in [3.05, 3.63) is 0 Å². The first-order chi connectivity index (χ1) is 8.39. The van der Waals surface area contributed by atoms with Gasteiger partial charge in [0.25, 0.3) is 10.2 Å². The Kier molecular flexibility index (Phi) is 6.04. The normalized spacial score (nSPS) is 20.6. The lowest BCUT2D eigenvalue weighted by Crippen LogP contribution is -2.50. The first-order valence-electron chi connectivity index (χ1n) is 6.80. The molecule has 0 radical (unpaired) electrons. The van der Waals surface area contributed by atoms with Crippen molar-refractivity contribution in [1.82, 2.24) is 8.61 Å². The van der Waals surface area contributed by atoms with Crippen molar-refractivity contribution in [1.29, 1.82) is 0 Å². The highest BCUT2D eigenvalue weighted by molar-refractivity contribution is 7.86. The Balaban J connectivity index is 2.89. The number of aliphatic hydroxyl groups is 1. The number of nitrogens with zero attached hydrogens (tertiary/aromatic N) is 2. The summed E-state index contributed by atoms with van der Waals surface area (Å²) >= 11 is 0. The Morgan fingerprint density at radius 3 is 2.28 bits per heavy atom. The molecule has 6 heteroatoms. The highest BCUT2D eigenvalue weighted by Crippen LogP contribution is 2.25. The summed E-state index contributed by atoms with van der Waals surface area (Å²) in [4.78, 5) is 0. The largest absolute Gasteiger partial charge is 0.392 e. The molecule has 0 heterocycles. The maximum absolute atomic E-state index is 12.4. The third-order valence-electron chi connectivity index (χ3n) is 3.56. The van der Waals surface area contributed by atoms with Crippen molar-refractivity contribution < 1.29 is 13.5 Å². The minimum Gasteiger partial charge on any atom is -0.392 e. The highest BCUT2D eigenvalue weighted by Gasteiger charge is 2.33. The second-order valence-electron chi connectivity index (χ2n) is 5.13. The predicted octanol–water partition coefficient (Wildman–Crippen LogP) is 1.20. The lowest BCUT2D eigenvalue weighted by atomic mass is 9.95. The fourth-order valence-electron chi connectivity index (χ4n) is 2.40. The third kappa shape index (κ3) is 3.91. The molecule has 1 aliphatic rings. The van der Waals surface area contributed by atoms with E-state index in [9.17, 15) is 13.5 Å². The van der Waals surface area contributed by atoms with Gasteiger partial charge in [-0.3, -0.25) is 0 Å². The summed E-state index contributed by atoms with van der Waals surface area (Å²) in [5, 5.41) is 9.55. The van der Waals surface area contributed by atoms with Gasteiger partial charge in [-0.2, -0.15) is 17.0 Å². The van der Waals surface area contributed by atoms with Gasteiger partial charge in [0, 0.05) is 26.2 Å². The number of hydrogen-bond acceptors (Lipinski definition) is 3. The smallest absolute Gasteiger partial charge is 0.282 e. The summed E-state index contributed by atoms with van der Waals surface area (Å²) in [6, 6.07) is 0.0485. The first kappa shape index (κ1) is 15.9. The van der Waals surface area contributed by atoms with Gasteiger partial charge in [0.05, 0.1) is 6.10 Å². The minimum atomic E-state index is -3.44. The van der Waals surface area contributed by atoms with Crippen LogP contribution in [0.3, 0.4) is 0 Å². The fourth-order valence-corrected chi connectivity index (χ4v) is 4.08. The van der Waals surface area contributed by atoms with Crippen molar-refractivity contribution in [2.45, 2.75) is 58.1 Å². The minimum absolute atomic E-state index is 0.0485. The Hall–Kier alpha value is -0.170. The van der Waals surface area contributed by atoms with E-state index in [1.165, 1.54) is 15.0 Å². The highest BCUT2D eigenvalue weighted by atomic mass is 32.2. The van der Waals surface area contributed by atoms with Crippen molar-refractivity contribution in [2.24, 2.45) is 0 Å². The van der Waals surface area contributed by atoms with Crippen molar-refractivity contribution >= 4 is 10.2 Å². The zero-order valence-corrected chi connectivity index (χ0v) is 12.5. The maximum Gasteiger partial charge on any atom is 0.282 e. The van der Waals surface area contributed by atoms with E-state index in [0.29, 0.717) is 6.54 Å². The molecule has 1 saturated carbocycles. The standard InChI is InChI=1S/C12H26N2O3S/c1-4-13(3)18(16,17)14(10-11(2)15)12-8-6-5-7-9-12/h11-12,15H,4-10H2,1-3H3/t11-/m0/s1. The summed E-state index contributed by atoms with van der Waals surface area (Å²) < 4.78 is 27.7. The van der Waals surface area contributed by atoms with E-state index >= 15 is 0 Å². The molecule has 1 rings (SSSR count). The zero-order valence-electron chi connectivity index (χ0n) is 11.7. The van der Waals surface area contributed by atoms with Gasteiger partial charge >= 0.3 is 0 Å². The lowest BCUT2D eigenvalue weighted by Gasteiger charge is -2.36. The zero-order chi connectivity index (χ0) is 13.8. The molecule has 0 aromatic rings. The van der Waals surface area contributed by atoms with Crippen LogP contribution in [0.5, 0.6) is 0 Å². The summed E-state index contributed by atoms with van der Waals surface area (Å²) in [5.74, 6) is 0. The van der Waals surface area contributed by atoms with Crippen LogP contribution in [0.4, 0.5) is 0 Å². The molecule has 0 saturated heterocycles. The molecule has 5 nitrogen and oxygen atoms in total. The van der Waals surface area contributed by atoms with Crippen LogP contribution in [-0.2, 0) is 10.2 Å². The molecule has 108 valence electrons. The number of hydrogen-bond donors (Lipinski definition) is 1. The molecule has 0 unspecified atom stereocenters. The third-order valence-corrected chi connectivity index (χ3v) is 5.65. The molecular weight excluding hydrogens is 252 g/mol. The maximum atomic E-state index is 12.4. The van der Waals surface area contributed by atoms with Crippen LogP contribution in [0.2, 0.25) is 0 Å². The monoisotopic (exact) mass is 278 g/mol. The lowest BCUT2D eigenvalue weighted by molar-refractivity contribution is 0.132. The van der Waals surface area contributed by atoms with Gasteiger partial charge in [-0.1, -0.05) is 26.2 Å². The Bertz CT molecular complexity index is 337. The van der Waals surface area contributed by atoms with Crippen molar-refractivity contribution in [3.63, 3.8) is 0 Å². The summed E-state index contributed by atoms with van der Waals surface area (Å²) in [6.45, 7) is 4.10. The van der Waals surface area contributed by atoms with Crippen molar-refractivity contribution in [2.75, 3.05) is 20.1 Å². The molecule has 1 aliphatic carbocycles. The van der Waals surface area contributed by atoms with E-state index in [2.05, 4.69) is 0 Å². The molecule has 1 N–H and O–H groups in total. The Morgan fingerprint density at radius 2 is 1.83 bits per heavy atom. The molecule has 0 aliphatic heterocycles. The molecule has 18 heavy (non-hydrogen) atoms. The molecule has 0 aromatic carbocycles. The van der Waals surface area contributed by atoms with Gasteiger partial charge in [-0.15, -0.1) is 0 Å². The molecule has 1 fully saturated rings. The molecule has 0 aromatic heterocycles. The Morgan fingerprint density at radius 1 is 1.28 bits per heavy atom. The summed E-state index contributed by atoms with van der Waals surface area (Å²) in [7, 11) is -1.85. The fraction of sp³-hybridized carbons (Fsp3) is 1.00. The van der Waals surface area contributed by atoms with E-state index in [-0.39, 0.29) is 12.6 Å². The van der Waals surface area contributed by atoms with Gasteiger partial charge in [0.1, 0.15) is 0 Å². The topological polar surface area (TPSA) is 60.9 Å². The first-order valence-corrected chi connectivity index (χ1v) is 8.20. The van der Waals surface area contributed by atoms with E-state index in [4.69, 9.17) is 0 Å². The van der Waals surface area contributed by atoms with Gasteiger partial charge in [-0.05, 0) is 19.8 Å². The Labute approximate surface area is 111 Å². The van der Waals surface area contributed by atoms with Gasteiger partial charge in [0.15, 0.2) is 0 Å². The van der Waals surface area contributed by atoms with Gasteiger partial charge in [-0.25, -0.2) is 0 Å². The second kappa shape index (κ2) is 6.84. The van der Waals surface area contributed by atoms with Crippen LogP contribution in [0.25, 0.3) is 0 Å². The van der Waals surface area contributed by atoms with Crippen LogP contribution in [0.15, 0.2) is 0 Å². The number of rotatable bonds is 6. The molecular formula is C12H26N2O3S. The van der Waals surface area contributed by atoms with E-state index < -0.39 is 16.3 Å². The van der Waals surface area contributed by atoms with Crippen LogP contribution in [0, 0.1) is 0 Å². The predicted molar refractivity (Wildman–Crippen MR) is 72.5 cm³/mol. The van der Waals surface area contributed by atoms with E-state index in [1.54, 1.807) is 14.0 Å². The van der Waals surface area contributed by atoms with Crippen LogP contribution in [0.1, 0.15) is 46.0 Å². The van der Waals surface area contributed by atoms with Crippen LogP contribution >= 0.6 is 0 Å². The molecule has 0 amide bonds. The quantitative estimate of drug-likeness (QED) is 0.794. The molecule has 0 spiro atoms. The van der Waals surface area contributed by atoms with Crippen LogP contribution < -0.4 is 0 Å². The van der Waals surface area contributed by atoms with E-state index in [1.807, 2.05) is 6.92 Å². The molecule has 0 bridgehead atoms. The second-order valence-corrected chi connectivity index (χ2v) is 7.12. The summed E-state index contributed by atoms with van der Waals surface area (Å²) in [5.41, 5.74) is 0. The van der Waals surface area contributed by atoms with Crippen molar-refractivity contribution in [3.8, 4) is 0 Å². The van der Waals surface area contributed by atoms with Crippen LogP contribution in [-0.4, -0.2) is 54.4 Å². The van der Waals surface area contributed by atoms with E-state index in [0.717, 1.165) is 25.7 Å². The number of aliphatic hydroxyl groups excluding tert-OH is 1. The SMILES string of the molecule is CCN(C)S(=O)(=O)N(C[C@H](C)O)C1CCCCC1. The van der Waals surface area contributed by atoms with Gasteiger partial charge < -0.3 is 5.11 Å². The molecule has 1 atom stereocenters.